The van der Waals surface area contributed by atoms with Crippen LogP contribution in [0.15, 0.2) is 231 Å². The predicted octanol–water partition coefficient (Wildman–Crippen LogP) is 16.9. The number of hydrogen-bond acceptors (Lipinski definition) is 0. The second-order valence-corrected chi connectivity index (χ2v) is 16.1. The van der Waals surface area contributed by atoms with E-state index in [1.165, 1.54) is 120 Å². The molecular formula is C60H38. The van der Waals surface area contributed by atoms with Crippen LogP contribution in [0.4, 0.5) is 0 Å². The first-order valence-electron chi connectivity index (χ1n) is 20.8. The molecular weight excluding hydrogens is 721 g/mol. The standard InChI is InChI=1S/C60H38/c1-3-13-41-31-47(25-23-39(41)11-1)43-16-9-18-45(33-43)49-27-29-54-52(35-49)38-60(59-37-51-15-5-6-20-53(51)55-21-7-8-22-56(55)59)58-36-50(28-30-57(54)58)46-19-10-17-44(34-46)48-26-24-40-12-2-4-14-42(40)32-48/h1-38H. The van der Waals surface area contributed by atoms with E-state index in [2.05, 4.69) is 231 Å². The lowest BCUT2D eigenvalue weighted by Gasteiger charge is -2.17. The highest BCUT2D eigenvalue weighted by Crippen LogP contribution is 2.43. The lowest BCUT2D eigenvalue weighted by atomic mass is 9.86. The maximum absolute atomic E-state index is 2.44. The first kappa shape index (κ1) is 34.3. The van der Waals surface area contributed by atoms with Gasteiger partial charge in [-0.3, -0.25) is 0 Å². The van der Waals surface area contributed by atoms with Crippen molar-refractivity contribution < 1.29 is 0 Å². The van der Waals surface area contributed by atoms with Gasteiger partial charge < -0.3 is 0 Å². The molecule has 0 aliphatic heterocycles. The fourth-order valence-corrected chi connectivity index (χ4v) is 9.52. The van der Waals surface area contributed by atoms with E-state index < -0.39 is 0 Å². The summed E-state index contributed by atoms with van der Waals surface area (Å²) in [4.78, 5) is 0. The highest BCUT2D eigenvalue weighted by Gasteiger charge is 2.16. The summed E-state index contributed by atoms with van der Waals surface area (Å²) in [6.45, 7) is 0. The molecule has 0 saturated heterocycles. The normalized spacial score (nSPS) is 11.7. The van der Waals surface area contributed by atoms with Gasteiger partial charge in [-0.25, -0.2) is 0 Å². The number of fused-ring (bicyclic) bond motifs is 8. The van der Waals surface area contributed by atoms with E-state index in [0.717, 1.165) is 0 Å². The van der Waals surface area contributed by atoms with E-state index in [-0.39, 0.29) is 0 Å². The molecule has 0 fully saturated rings. The minimum Gasteiger partial charge on any atom is -0.0616 e. The molecule has 12 aromatic carbocycles. The first-order valence-corrected chi connectivity index (χ1v) is 20.8. The quantitative estimate of drug-likeness (QED) is 0.153. The van der Waals surface area contributed by atoms with Crippen LogP contribution < -0.4 is 0 Å². The van der Waals surface area contributed by atoms with Gasteiger partial charge in [-0.1, -0.05) is 182 Å². The molecule has 0 aromatic heterocycles. The monoisotopic (exact) mass is 758 g/mol. The molecule has 0 nitrogen and oxygen atoms in total. The van der Waals surface area contributed by atoms with E-state index in [4.69, 9.17) is 0 Å². The maximum atomic E-state index is 2.44. The molecule has 0 spiro atoms. The van der Waals surface area contributed by atoms with Crippen LogP contribution >= 0.6 is 0 Å². The van der Waals surface area contributed by atoms with Gasteiger partial charge in [-0.05, 0) is 169 Å². The van der Waals surface area contributed by atoms with Gasteiger partial charge in [-0.2, -0.15) is 0 Å². The molecule has 0 aliphatic rings. The lowest BCUT2D eigenvalue weighted by molar-refractivity contribution is 1.61. The highest BCUT2D eigenvalue weighted by molar-refractivity contribution is 6.21. The summed E-state index contributed by atoms with van der Waals surface area (Å²) in [6, 6.07) is 85.4. The molecule has 0 aliphatic carbocycles. The van der Waals surface area contributed by atoms with Crippen LogP contribution in [0.2, 0.25) is 0 Å². The second kappa shape index (κ2) is 13.9. The van der Waals surface area contributed by atoms with Crippen molar-refractivity contribution >= 4 is 64.6 Å². The molecule has 12 aromatic rings. The van der Waals surface area contributed by atoms with Gasteiger partial charge in [0.15, 0.2) is 0 Å². The molecule has 0 bridgehead atoms. The van der Waals surface area contributed by atoms with Gasteiger partial charge in [0.05, 0.1) is 0 Å². The summed E-state index contributed by atoms with van der Waals surface area (Å²) in [5, 5.41) is 15.1. The molecule has 60 heavy (non-hydrogen) atoms. The number of benzene rings is 12. The SMILES string of the molecule is c1cc(-c2ccc3ccccc3c2)cc(-c2ccc3c(c2)cc(-c2cc4ccccc4c4ccccc24)c2cc(-c4cccc(-c5ccc6ccccc6c5)c4)ccc23)c1. The molecule has 0 heterocycles. The zero-order valence-electron chi connectivity index (χ0n) is 32.9. The van der Waals surface area contributed by atoms with Crippen molar-refractivity contribution in [2.45, 2.75) is 0 Å². The minimum atomic E-state index is 1.21. The number of hydrogen-bond donors (Lipinski definition) is 0. The second-order valence-electron chi connectivity index (χ2n) is 16.1. The van der Waals surface area contributed by atoms with Crippen LogP contribution in [-0.2, 0) is 0 Å². The Labute approximate surface area is 349 Å². The first-order chi connectivity index (χ1) is 29.7. The molecule has 0 amide bonds. The minimum absolute atomic E-state index is 1.21. The third-order valence-corrected chi connectivity index (χ3v) is 12.6. The lowest BCUT2D eigenvalue weighted by Crippen LogP contribution is -1.90. The van der Waals surface area contributed by atoms with Crippen molar-refractivity contribution in [1.29, 1.82) is 0 Å². The molecule has 278 valence electrons. The topological polar surface area (TPSA) is 0 Å². The zero-order chi connectivity index (χ0) is 39.6. The van der Waals surface area contributed by atoms with E-state index >= 15 is 0 Å². The van der Waals surface area contributed by atoms with Gasteiger partial charge in [0.25, 0.3) is 0 Å². The molecule has 0 heteroatoms. The van der Waals surface area contributed by atoms with Crippen LogP contribution in [-0.4, -0.2) is 0 Å². The fourth-order valence-electron chi connectivity index (χ4n) is 9.52. The van der Waals surface area contributed by atoms with Crippen LogP contribution in [0.25, 0.3) is 120 Å². The van der Waals surface area contributed by atoms with Gasteiger partial charge >= 0.3 is 0 Å². The third-order valence-electron chi connectivity index (χ3n) is 12.6. The summed E-state index contributed by atoms with van der Waals surface area (Å²) >= 11 is 0. The van der Waals surface area contributed by atoms with E-state index in [9.17, 15) is 0 Å². The Morgan fingerprint density at radius 1 is 0.150 bits per heavy atom. The largest absolute Gasteiger partial charge is 0.0616 e. The summed E-state index contributed by atoms with van der Waals surface area (Å²) in [5.74, 6) is 0. The summed E-state index contributed by atoms with van der Waals surface area (Å²) in [5.41, 5.74) is 12.2. The Kier molecular flexibility index (Phi) is 7.96. The Hall–Kier alpha value is -7.80. The van der Waals surface area contributed by atoms with Crippen molar-refractivity contribution in [3.63, 3.8) is 0 Å². The third kappa shape index (κ3) is 5.84. The zero-order valence-corrected chi connectivity index (χ0v) is 32.9. The van der Waals surface area contributed by atoms with Gasteiger partial charge in [0.1, 0.15) is 0 Å². The molecule has 0 radical (unpaired) electrons. The predicted molar refractivity (Wildman–Crippen MR) is 259 cm³/mol. The van der Waals surface area contributed by atoms with Crippen LogP contribution in [0.3, 0.4) is 0 Å². The summed E-state index contributed by atoms with van der Waals surface area (Å²) in [7, 11) is 0. The molecule has 0 saturated carbocycles. The Balaban J connectivity index is 1.05. The van der Waals surface area contributed by atoms with Crippen molar-refractivity contribution in [2.75, 3.05) is 0 Å². The summed E-state index contributed by atoms with van der Waals surface area (Å²) < 4.78 is 0. The Bertz CT molecular complexity index is 3660. The van der Waals surface area contributed by atoms with Crippen LogP contribution in [0, 0.1) is 0 Å². The van der Waals surface area contributed by atoms with Crippen molar-refractivity contribution in [3.8, 4) is 55.6 Å². The van der Waals surface area contributed by atoms with Gasteiger partial charge in [-0.15, -0.1) is 0 Å². The molecule has 0 atom stereocenters. The maximum Gasteiger partial charge on any atom is -0.00923 e. The average Bonchev–Trinajstić information content (AvgIpc) is 3.33. The van der Waals surface area contributed by atoms with Gasteiger partial charge in [0, 0.05) is 0 Å². The van der Waals surface area contributed by atoms with Crippen molar-refractivity contribution in [3.05, 3.63) is 231 Å². The molecule has 0 N–H and O–H groups in total. The van der Waals surface area contributed by atoms with Gasteiger partial charge in [0.2, 0.25) is 0 Å². The van der Waals surface area contributed by atoms with E-state index in [1.807, 2.05) is 0 Å². The van der Waals surface area contributed by atoms with Crippen LogP contribution in [0.1, 0.15) is 0 Å². The smallest absolute Gasteiger partial charge is 0.00923 e. The summed E-state index contributed by atoms with van der Waals surface area (Å²) in [6.07, 6.45) is 0. The Morgan fingerprint density at radius 2 is 0.517 bits per heavy atom. The van der Waals surface area contributed by atoms with Crippen molar-refractivity contribution in [1.82, 2.24) is 0 Å². The average molecular weight is 759 g/mol. The van der Waals surface area contributed by atoms with E-state index in [0.29, 0.717) is 0 Å². The molecule has 0 unspecified atom stereocenters. The van der Waals surface area contributed by atoms with Crippen LogP contribution in [0.5, 0.6) is 0 Å². The van der Waals surface area contributed by atoms with E-state index in [1.54, 1.807) is 0 Å². The Morgan fingerprint density at radius 3 is 1.12 bits per heavy atom. The number of rotatable bonds is 5. The molecule has 12 rings (SSSR count). The fraction of sp³-hybridized carbons (Fsp3) is 0. The van der Waals surface area contributed by atoms with Crippen molar-refractivity contribution in [2.24, 2.45) is 0 Å². The highest BCUT2D eigenvalue weighted by atomic mass is 14.2.